The van der Waals surface area contributed by atoms with Gasteiger partial charge in [-0.2, -0.15) is 0 Å². The molecule has 0 unspecified atom stereocenters. The van der Waals surface area contributed by atoms with Crippen molar-refractivity contribution in [2.24, 2.45) is 0 Å². The molecule has 0 radical (unpaired) electrons. The van der Waals surface area contributed by atoms with Crippen molar-refractivity contribution in [3.05, 3.63) is 46.5 Å². The van der Waals surface area contributed by atoms with Crippen LogP contribution in [0.25, 0.3) is 0 Å². The number of hydrogen-bond donors (Lipinski definition) is 2. The van der Waals surface area contributed by atoms with Gasteiger partial charge < -0.3 is 10.6 Å². The van der Waals surface area contributed by atoms with E-state index in [9.17, 15) is 14.0 Å². The van der Waals surface area contributed by atoms with Crippen molar-refractivity contribution in [1.82, 2.24) is 25.6 Å². The van der Waals surface area contributed by atoms with Crippen LogP contribution < -0.4 is 10.6 Å². The van der Waals surface area contributed by atoms with Gasteiger partial charge in [0.1, 0.15) is 5.82 Å². The summed E-state index contributed by atoms with van der Waals surface area (Å²) in [6, 6.07) is 4.83. The van der Waals surface area contributed by atoms with Gasteiger partial charge in [-0.1, -0.05) is 35.7 Å². The number of carbonyl (C=O) groups excluding carboxylic acids is 2. The van der Waals surface area contributed by atoms with Crippen molar-refractivity contribution in [3.8, 4) is 0 Å². The zero-order chi connectivity index (χ0) is 21.8. The average Bonchev–Trinajstić information content (AvgIpc) is 3.44. The van der Waals surface area contributed by atoms with E-state index in [1.165, 1.54) is 12.1 Å². The molecule has 0 saturated heterocycles. The lowest BCUT2D eigenvalue weighted by atomic mass is 9.91. The fourth-order valence-electron chi connectivity index (χ4n) is 4.51. The maximum atomic E-state index is 13.9. The molecule has 2 aliphatic rings. The zero-order valence-electron chi connectivity index (χ0n) is 17.3. The fraction of sp³-hybridized carbons (Fsp3) is 0.545. The van der Waals surface area contributed by atoms with E-state index >= 15 is 0 Å². The molecular weight excluding hydrogens is 421 g/mol. The van der Waals surface area contributed by atoms with Crippen LogP contribution in [0.2, 0.25) is 5.02 Å². The van der Waals surface area contributed by atoms with E-state index in [1.54, 1.807) is 16.9 Å². The lowest BCUT2D eigenvalue weighted by Gasteiger charge is -2.29. The molecule has 2 aromatic rings. The number of hydrogen-bond acceptors (Lipinski definition) is 4. The van der Waals surface area contributed by atoms with Crippen molar-refractivity contribution in [1.29, 1.82) is 0 Å². The van der Waals surface area contributed by atoms with E-state index < -0.39 is 5.82 Å². The van der Waals surface area contributed by atoms with Gasteiger partial charge in [0.2, 0.25) is 5.91 Å². The topological polar surface area (TPSA) is 88.9 Å². The standard InChI is InChI=1S/C22H27ClFN5O2/c23-18-6-3-7-19(24)17(18)12-21(30)25-15-8-10-16(11-9-15)29-13-20(27-28-29)22(31)26-14-4-1-2-5-14/h3,6-7,13-16H,1-2,4-5,8-12H2,(H,25,30)(H,26,31). The highest BCUT2D eigenvalue weighted by Gasteiger charge is 2.26. The summed E-state index contributed by atoms with van der Waals surface area (Å²) in [6.07, 6.45) is 9.21. The van der Waals surface area contributed by atoms with Crippen LogP contribution in [0, 0.1) is 5.82 Å². The smallest absolute Gasteiger partial charge is 0.273 e. The summed E-state index contributed by atoms with van der Waals surface area (Å²) in [6.45, 7) is 0. The Morgan fingerprint density at radius 2 is 1.77 bits per heavy atom. The molecule has 2 amide bonds. The summed E-state index contributed by atoms with van der Waals surface area (Å²) >= 11 is 6.01. The molecule has 2 N–H and O–H groups in total. The number of rotatable bonds is 6. The SMILES string of the molecule is O=C(Cc1c(F)cccc1Cl)NC1CCC(n2cc(C(=O)NC3CCCC3)nn2)CC1. The third-order valence-electron chi connectivity index (χ3n) is 6.27. The summed E-state index contributed by atoms with van der Waals surface area (Å²) in [7, 11) is 0. The second-order valence-electron chi connectivity index (χ2n) is 8.49. The third kappa shape index (κ3) is 5.42. The Morgan fingerprint density at radius 1 is 1.06 bits per heavy atom. The highest BCUT2D eigenvalue weighted by Crippen LogP contribution is 2.28. The second kappa shape index (κ2) is 9.77. The van der Waals surface area contributed by atoms with Gasteiger partial charge in [-0.3, -0.25) is 9.59 Å². The van der Waals surface area contributed by atoms with E-state index in [4.69, 9.17) is 11.6 Å². The molecule has 0 atom stereocenters. The molecule has 1 aromatic heterocycles. The molecule has 0 bridgehead atoms. The monoisotopic (exact) mass is 447 g/mol. The Bertz CT molecular complexity index is 915. The lowest BCUT2D eigenvalue weighted by Crippen LogP contribution is -2.39. The van der Waals surface area contributed by atoms with Gasteiger partial charge in [0.15, 0.2) is 5.69 Å². The minimum atomic E-state index is -0.467. The third-order valence-corrected chi connectivity index (χ3v) is 6.62. The molecular formula is C22H27ClFN5O2. The number of carbonyl (C=O) groups is 2. The number of nitrogens with zero attached hydrogens (tertiary/aromatic N) is 3. The maximum absolute atomic E-state index is 13.9. The lowest BCUT2D eigenvalue weighted by molar-refractivity contribution is -0.121. The molecule has 4 rings (SSSR count). The van der Waals surface area contributed by atoms with Crippen molar-refractivity contribution in [2.75, 3.05) is 0 Å². The molecule has 0 aliphatic heterocycles. The number of halogens is 2. The van der Waals surface area contributed by atoms with Crippen LogP contribution in [0.4, 0.5) is 4.39 Å². The van der Waals surface area contributed by atoms with Crippen LogP contribution in [0.5, 0.6) is 0 Å². The van der Waals surface area contributed by atoms with Gasteiger partial charge >= 0.3 is 0 Å². The fourth-order valence-corrected chi connectivity index (χ4v) is 4.74. The molecule has 2 aliphatic carbocycles. The first-order valence-electron chi connectivity index (χ1n) is 10.9. The minimum absolute atomic E-state index is 0.0305. The quantitative estimate of drug-likeness (QED) is 0.708. The van der Waals surface area contributed by atoms with Crippen LogP contribution in [0.3, 0.4) is 0 Å². The summed E-state index contributed by atoms with van der Waals surface area (Å²) in [5, 5.41) is 14.5. The maximum Gasteiger partial charge on any atom is 0.273 e. The second-order valence-corrected chi connectivity index (χ2v) is 8.90. The van der Waals surface area contributed by atoms with E-state index in [0.29, 0.717) is 5.69 Å². The predicted molar refractivity (Wildman–Crippen MR) is 114 cm³/mol. The minimum Gasteiger partial charge on any atom is -0.353 e. The van der Waals surface area contributed by atoms with Gasteiger partial charge in [0.05, 0.1) is 18.7 Å². The predicted octanol–water partition coefficient (Wildman–Crippen LogP) is 3.59. The summed E-state index contributed by atoms with van der Waals surface area (Å²) < 4.78 is 15.7. The zero-order valence-corrected chi connectivity index (χ0v) is 18.1. The van der Waals surface area contributed by atoms with Crippen LogP contribution in [-0.4, -0.2) is 38.9 Å². The Labute approximate surface area is 185 Å². The van der Waals surface area contributed by atoms with Gasteiger partial charge in [-0.25, -0.2) is 9.07 Å². The van der Waals surface area contributed by atoms with E-state index in [0.717, 1.165) is 51.4 Å². The Kier molecular flexibility index (Phi) is 6.85. The van der Waals surface area contributed by atoms with Crippen LogP contribution in [0.1, 0.15) is 73.5 Å². The molecule has 2 saturated carbocycles. The molecule has 31 heavy (non-hydrogen) atoms. The summed E-state index contributed by atoms with van der Waals surface area (Å²) in [5.41, 5.74) is 0.575. The number of aromatic nitrogens is 3. The largest absolute Gasteiger partial charge is 0.353 e. The Morgan fingerprint density at radius 3 is 2.48 bits per heavy atom. The van der Waals surface area contributed by atoms with Crippen molar-refractivity contribution >= 4 is 23.4 Å². The van der Waals surface area contributed by atoms with E-state index in [-0.39, 0.29) is 46.9 Å². The number of benzene rings is 1. The first-order chi connectivity index (χ1) is 15.0. The van der Waals surface area contributed by atoms with E-state index in [2.05, 4.69) is 20.9 Å². The van der Waals surface area contributed by atoms with Gasteiger partial charge in [-0.05, 0) is 50.7 Å². The van der Waals surface area contributed by atoms with Crippen molar-refractivity contribution in [2.45, 2.75) is 75.9 Å². The van der Waals surface area contributed by atoms with Crippen LogP contribution >= 0.6 is 11.6 Å². The number of nitrogens with one attached hydrogen (secondary N) is 2. The first kappa shape index (κ1) is 21.7. The molecule has 1 heterocycles. The average molecular weight is 448 g/mol. The summed E-state index contributed by atoms with van der Waals surface area (Å²) in [5.74, 6) is -0.863. The van der Waals surface area contributed by atoms with Crippen molar-refractivity contribution in [3.63, 3.8) is 0 Å². The molecule has 7 nitrogen and oxygen atoms in total. The number of amides is 2. The highest BCUT2D eigenvalue weighted by molar-refractivity contribution is 6.31. The Balaban J connectivity index is 1.25. The molecule has 2 fully saturated rings. The molecule has 0 spiro atoms. The molecule has 9 heteroatoms. The summed E-state index contributed by atoms with van der Waals surface area (Å²) in [4.78, 5) is 24.7. The van der Waals surface area contributed by atoms with Crippen LogP contribution in [0.15, 0.2) is 24.4 Å². The molecule has 166 valence electrons. The van der Waals surface area contributed by atoms with Crippen molar-refractivity contribution < 1.29 is 14.0 Å². The van der Waals surface area contributed by atoms with Crippen LogP contribution in [-0.2, 0) is 11.2 Å². The molecule has 1 aromatic carbocycles. The Hall–Kier alpha value is -2.48. The highest BCUT2D eigenvalue weighted by atomic mass is 35.5. The van der Waals surface area contributed by atoms with Gasteiger partial charge in [0, 0.05) is 22.7 Å². The first-order valence-corrected chi connectivity index (χ1v) is 11.3. The van der Waals surface area contributed by atoms with E-state index in [1.807, 2.05) is 0 Å². The van der Waals surface area contributed by atoms with Gasteiger partial charge in [-0.15, -0.1) is 5.10 Å². The normalized spacial score (nSPS) is 21.7. The van der Waals surface area contributed by atoms with Gasteiger partial charge in [0.25, 0.3) is 5.91 Å².